The molecule has 0 fully saturated rings. The average Bonchev–Trinajstić information content (AvgIpc) is 3.25. The number of esters is 1. The fraction of sp³-hybridized carbons (Fsp3) is 0.444. The Balaban J connectivity index is 1.57. The van der Waals surface area contributed by atoms with E-state index in [0.717, 1.165) is 5.56 Å². The first-order chi connectivity index (χ1) is 16.7. The van der Waals surface area contributed by atoms with E-state index in [1.807, 2.05) is 63.2 Å². The molecule has 0 spiro atoms. The first kappa shape index (κ1) is 26.2. The van der Waals surface area contributed by atoms with Crippen LogP contribution in [0.5, 0.6) is 0 Å². The summed E-state index contributed by atoms with van der Waals surface area (Å²) in [4.78, 5) is 28.8. The van der Waals surface area contributed by atoms with Gasteiger partial charge in [-0.25, -0.2) is 9.78 Å². The third-order valence-corrected chi connectivity index (χ3v) is 5.35. The minimum atomic E-state index is -1.06. The minimum Gasteiger partial charge on any atom is -0.461 e. The molecule has 8 heteroatoms. The molecule has 0 aliphatic heterocycles. The largest absolute Gasteiger partial charge is 0.461 e. The lowest BCUT2D eigenvalue weighted by molar-refractivity contribution is -0.147. The van der Waals surface area contributed by atoms with Gasteiger partial charge in [-0.2, -0.15) is 0 Å². The number of rotatable bonds is 11. The second-order valence-electron chi connectivity index (χ2n) is 9.50. The fourth-order valence-corrected chi connectivity index (χ4v) is 3.64. The van der Waals surface area contributed by atoms with Gasteiger partial charge in [0.25, 0.3) is 0 Å². The summed E-state index contributed by atoms with van der Waals surface area (Å²) in [5, 5.41) is 13.8. The summed E-state index contributed by atoms with van der Waals surface area (Å²) in [6.07, 6.45) is 0.344. The van der Waals surface area contributed by atoms with Crippen molar-refractivity contribution in [1.29, 1.82) is 0 Å². The van der Waals surface area contributed by atoms with Crippen LogP contribution in [0.4, 0.5) is 4.79 Å². The van der Waals surface area contributed by atoms with Crippen LogP contribution in [0.1, 0.15) is 64.0 Å². The van der Waals surface area contributed by atoms with Crippen LogP contribution in [0, 0.1) is 5.92 Å². The van der Waals surface area contributed by atoms with Crippen molar-refractivity contribution in [3.63, 3.8) is 0 Å². The van der Waals surface area contributed by atoms with Crippen LogP contribution in [0.25, 0.3) is 11.1 Å². The predicted octanol–water partition coefficient (Wildman–Crippen LogP) is 5.31. The molecule has 3 rings (SSSR count). The Morgan fingerprint density at radius 3 is 2.49 bits per heavy atom. The molecule has 0 saturated carbocycles. The first-order valence-corrected chi connectivity index (χ1v) is 11.9. The van der Waals surface area contributed by atoms with Crippen molar-refractivity contribution in [2.24, 2.45) is 5.92 Å². The van der Waals surface area contributed by atoms with Gasteiger partial charge >= 0.3 is 12.1 Å². The number of carbonyl (C=O) groups excluding carboxylic acids is 2. The number of carbonyl (C=O) groups is 2. The molecule has 8 nitrogen and oxygen atoms in total. The van der Waals surface area contributed by atoms with E-state index in [1.165, 1.54) is 0 Å². The average molecular weight is 483 g/mol. The lowest BCUT2D eigenvalue weighted by Gasteiger charge is -2.21. The maximum atomic E-state index is 12.6. The SMILES string of the molecule is CC(C)(C)OC(=O)NCCCC[C@H](CC(=O)OCc1ccccc1)C(O)c1nc2ccccc2o1. The summed E-state index contributed by atoms with van der Waals surface area (Å²) in [5.74, 6) is -0.673. The molecule has 1 amide bonds. The fourth-order valence-electron chi connectivity index (χ4n) is 3.64. The number of unbranched alkanes of at least 4 members (excludes halogenated alkanes) is 1. The number of alkyl carbamates (subject to hydrolysis) is 1. The Kier molecular flexibility index (Phi) is 9.25. The third kappa shape index (κ3) is 8.72. The Morgan fingerprint density at radius 1 is 1.06 bits per heavy atom. The van der Waals surface area contributed by atoms with Crippen molar-refractivity contribution in [2.45, 2.75) is 64.8 Å². The highest BCUT2D eigenvalue weighted by Gasteiger charge is 2.28. The molecule has 3 aromatic rings. The highest BCUT2D eigenvalue weighted by Crippen LogP contribution is 2.31. The number of hydrogen-bond donors (Lipinski definition) is 2. The van der Waals surface area contributed by atoms with E-state index < -0.39 is 29.7 Å². The zero-order valence-electron chi connectivity index (χ0n) is 20.5. The zero-order valence-corrected chi connectivity index (χ0v) is 20.5. The number of amides is 1. The van der Waals surface area contributed by atoms with Gasteiger partial charge in [-0.15, -0.1) is 0 Å². The Hall–Kier alpha value is -3.39. The molecular weight excluding hydrogens is 448 g/mol. The number of nitrogens with zero attached hydrogens (tertiary/aromatic N) is 1. The van der Waals surface area contributed by atoms with Crippen molar-refractivity contribution >= 4 is 23.2 Å². The highest BCUT2D eigenvalue weighted by atomic mass is 16.6. The predicted molar refractivity (Wildman–Crippen MR) is 131 cm³/mol. The summed E-state index contributed by atoms with van der Waals surface area (Å²) in [7, 11) is 0. The second-order valence-corrected chi connectivity index (χ2v) is 9.50. The van der Waals surface area contributed by atoms with Crippen molar-refractivity contribution < 1.29 is 28.6 Å². The molecule has 0 saturated heterocycles. The van der Waals surface area contributed by atoms with Crippen molar-refractivity contribution in [3.8, 4) is 0 Å². The second kappa shape index (κ2) is 12.4. The molecular formula is C27H34N2O6. The van der Waals surface area contributed by atoms with E-state index in [1.54, 1.807) is 12.1 Å². The Labute approximate surface area is 205 Å². The number of nitrogens with one attached hydrogen (secondary N) is 1. The molecule has 188 valence electrons. The summed E-state index contributed by atoms with van der Waals surface area (Å²) in [5.41, 5.74) is 1.56. The molecule has 0 aliphatic rings. The van der Waals surface area contributed by atoms with Gasteiger partial charge < -0.3 is 24.3 Å². The number of ether oxygens (including phenoxy) is 2. The standard InChI is InChI=1S/C27H34N2O6/c1-27(2,3)35-26(32)28-16-10-9-13-20(17-23(30)33-18-19-11-5-4-6-12-19)24(31)25-29-21-14-7-8-15-22(21)34-25/h4-8,11-12,14-15,20,24,31H,9-10,13,16-18H2,1-3H3,(H,28,32)/t20-,24?/m1/s1. The highest BCUT2D eigenvalue weighted by molar-refractivity contribution is 5.72. The van der Waals surface area contributed by atoms with Gasteiger partial charge in [-0.3, -0.25) is 4.79 Å². The van der Waals surface area contributed by atoms with Crippen LogP contribution < -0.4 is 5.32 Å². The van der Waals surface area contributed by atoms with Gasteiger partial charge in [0.2, 0.25) is 5.89 Å². The number of aromatic nitrogens is 1. The monoisotopic (exact) mass is 482 g/mol. The maximum absolute atomic E-state index is 12.6. The van der Waals surface area contributed by atoms with Gasteiger partial charge in [0.05, 0.1) is 6.42 Å². The molecule has 1 heterocycles. The molecule has 1 aromatic heterocycles. The van der Waals surface area contributed by atoms with Crippen molar-refractivity contribution in [1.82, 2.24) is 10.3 Å². The van der Waals surface area contributed by atoms with Crippen LogP contribution in [0.3, 0.4) is 0 Å². The van der Waals surface area contributed by atoms with E-state index in [4.69, 9.17) is 13.9 Å². The number of oxazole rings is 1. The molecule has 1 unspecified atom stereocenters. The van der Waals surface area contributed by atoms with Gasteiger partial charge in [0.15, 0.2) is 5.58 Å². The third-order valence-electron chi connectivity index (χ3n) is 5.35. The van der Waals surface area contributed by atoms with Crippen LogP contribution in [0.2, 0.25) is 0 Å². The normalized spacial score (nSPS) is 13.3. The van der Waals surface area contributed by atoms with Crippen LogP contribution in [-0.2, 0) is 20.9 Å². The number of para-hydroxylation sites is 2. The lowest BCUT2D eigenvalue weighted by atomic mass is 9.92. The number of benzene rings is 2. The van der Waals surface area contributed by atoms with E-state index in [2.05, 4.69) is 10.3 Å². The van der Waals surface area contributed by atoms with Crippen LogP contribution in [0.15, 0.2) is 59.0 Å². The molecule has 2 atom stereocenters. The smallest absolute Gasteiger partial charge is 0.407 e. The summed E-state index contributed by atoms with van der Waals surface area (Å²) in [6, 6.07) is 16.7. The van der Waals surface area contributed by atoms with E-state index in [-0.39, 0.29) is 18.9 Å². The summed E-state index contributed by atoms with van der Waals surface area (Å²) >= 11 is 0. The number of aliphatic hydroxyl groups excluding tert-OH is 1. The molecule has 0 radical (unpaired) electrons. The summed E-state index contributed by atoms with van der Waals surface area (Å²) in [6.45, 7) is 6.02. The van der Waals surface area contributed by atoms with E-state index >= 15 is 0 Å². The minimum absolute atomic E-state index is 0.0201. The zero-order chi connectivity index (χ0) is 25.3. The van der Waals surface area contributed by atoms with Crippen LogP contribution >= 0.6 is 0 Å². The van der Waals surface area contributed by atoms with E-state index in [0.29, 0.717) is 36.9 Å². The van der Waals surface area contributed by atoms with Gasteiger partial charge in [0.1, 0.15) is 23.8 Å². The number of fused-ring (bicyclic) bond motifs is 1. The molecule has 0 aliphatic carbocycles. The molecule has 2 N–H and O–H groups in total. The van der Waals surface area contributed by atoms with Crippen molar-refractivity contribution in [3.05, 3.63) is 66.1 Å². The number of aliphatic hydroxyl groups is 1. The van der Waals surface area contributed by atoms with E-state index in [9.17, 15) is 14.7 Å². The quantitative estimate of drug-likeness (QED) is 0.282. The number of hydrogen-bond acceptors (Lipinski definition) is 7. The van der Waals surface area contributed by atoms with Crippen molar-refractivity contribution in [2.75, 3.05) is 6.54 Å². The molecule has 0 bridgehead atoms. The molecule has 2 aromatic carbocycles. The Bertz CT molecular complexity index is 1060. The summed E-state index contributed by atoms with van der Waals surface area (Å²) < 4.78 is 16.4. The van der Waals surface area contributed by atoms with Gasteiger partial charge in [0, 0.05) is 12.5 Å². The first-order valence-electron chi connectivity index (χ1n) is 11.9. The topological polar surface area (TPSA) is 111 Å². The lowest BCUT2D eigenvalue weighted by Crippen LogP contribution is -2.33. The molecule has 35 heavy (non-hydrogen) atoms. The maximum Gasteiger partial charge on any atom is 0.407 e. The van der Waals surface area contributed by atoms with Gasteiger partial charge in [-0.1, -0.05) is 48.9 Å². The van der Waals surface area contributed by atoms with Crippen LogP contribution in [-0.4, -0.2) is 34.3 Å². The van der Waals surface area contributed by atoms with Gasteiger partial charge in [-0.05, 0) is 51.3 Å². The Morgan fingerprint density at radius 2 is 1.77 bits per heavy atom.